The average Bonchev–Trinajstić information content (AvgIpc) is 2.75. The van der Waals surface area contributed by atoms with E-state index >= 15 is 0 Å². The lowest BCUT2D eigenvalue weighted by molar-refractivity contribution is 0.198. The van der Waals surface area contributed by atoms with Crippen LogP contribution in [0.2, 0.25) is 0 Å². The van der Waals surface area contributed by atoms with Crippen molar-refractivity contribution < 1.29 is 4.74 Å². The maximum absolute atomic E-state index is 4.96. The lowest BCUT2D eigenvalue weighted by Gasteiger charge is -2.14. The van der Waals surface area contributed by atoms with E-state index in [2.05, 4.69) is 34.7 Å². The summed E-state index contributed by atoms with van der Waals surface area (Å²) in [7, 11) is 1.69. The number of ether oxygens (including phenoxy) is 1. The van der Waals surface area contributed by atoms with E-state index in [1.54, 1.807) is 7.11 Å². The van der Waals surface area contributed by atoms with Crippen LogP contribution in [0.5, 0.6) is 0 Å². The van der Waals surface area contributed by atoms with Crippen LogP contribution < -0.4 is 5.32 Å². The van der Waals surface area contributed by atoms with Crippen LogP contribution in [0.4, 0.5) is 0 Å². The summed E-state index contributed by atoms with van der Waals surface area (Å²) in [6, 6.07) is 0.397. The molecule has 0 radical (unpaired) electrons. The van der Waals surface area contributed by atoms with Crippen molar-refractivity contribution in [3.63, 3.8) is 0 Å². The van der Waals surface area contributed by atoms with Crippen LogP contribution in [0.15, 0.2) is 0 Å². The van der Waals surface area contributed by atoms with Gasteiger partial charge in [0, 0.05) is 13.7 Å². The highest BCUT2D eigenvalue weighted by molar-refractivity contribution is 4.83. The fourth-order valence-electron chi connectivity index (χ4n) is 1.62. The molecular formula is C10H21N5O. The van der Waals surface area contributed by atoms with E-state index in [4.69, 9.17) is 4.74 Å². The molecule has 0 atom stereocenters. The van der Waals surface area contributed by atoms with Gasteiger partial charge in [-0.15, -0.1) is 5.10 Å². The number of hydrogen-bond donors (Lipinski definition) is 1. The molecule has 6 heteroatoms. The van der Waals surface area contributed by atoms with E-state index in [-0.39, 0.29) is 0 Å². The first-order chi connectivity index (χ1) is 7.83. The summed E-state index contributed by atoms with van der Waals surface area (Å²) in [5.41, 5.74) is 0. The highest BCUT2D eigenvalue weighted by Gasteiger charge is 2.13. The van der Waals surface area contributed by atoms with Gasteiger partial charge in [-0.25, -0.2) is 4.68 Å². The molecule has 1 aromatic rings. The predicted octanol–water partition coefficient (Wildman–Crippen LogP) is 0.770. The normalized spacial score (nSPS) is 11.2. The lowest BCUT2D eigenvalue weighted by atomic mass is 10.2. The van der Waals surface area contributed by atoms with Crippen LogP contribution in [-0.4, -0.2) is 40.5 Å². The van der Waals surface area contributed by atoms with E-state index in [0.717, 1.165) is 25.2 Å². The topological polar surface area (TPSA) is 64.9 Å². The van der Waals surface area contributed by atoms with Crippen molar-refractivity contribution in [3.05, 3.63) is 5.82 Å². The molecule has 0 spiro atoms. The molecule has 0 unspecified atom stereocenters. The number of nitrogens with zero attached hydrogens (tertiary/aromatic N) is 4. The van der Waals surface area contributed by atoms with Crippen LogP contribution in [0.25, 0.3) is 0 Å². The second-order valence-electron chi connectivity index (χ2n) is 3.68. The number of nitrogens with one attached hydrogen (secondary N) is 1. The number of aromatic nitrogens is 4. The third-order valence-corrected chi connectivity index (χ3v) is 2.62. The molecule has 0 amide bonds. The van der Waals surface area contributed by atoms with Gasteiger partial charge < -0.3 is 10.1 Å². The molecule has 0 aliphatic heterocycles. The fraction of sp³-hybridized carbons (Fsp3) is 0.900. The Bertz CT molecular complexity index is 284. The third kappa shape index (κ3) is 3.53. The van der Waals surface area contributed by atoms with E-state index in [1.807, 2.05) is 4.68 Å². The van der Waals surface area contributed by atoms with Gasteiger partial charge in [-0.1, -0.05) is 13.8 Å². The molecule has 1 heterocycles. The van der Waals surface area contributed by atoms with Crippen LogP contribution in [0, 0.1) is 0 Å². The van der Waals surface area contributed by atoms with Crippen LogP contribution >= 0.6 is 0 Å². The first-order valence-corrected chi connectivity index (χ1v) is 5.79. The largest absolute Gasteiger partial charge is 0.383 e. The summed E-state index contributed by atoms with van der Waals surface area (Å²) in [6.45, 7) is 6.50. The van der Waals surface area contributed by atoms with E-state index in [0.29, 0.717) is 19.2 Å². The molecule has 1 aromatic heterocycles. The Morgan fingerprint density at radius 3 is 2.75 bits per heavy atom. The smallest absolute Gasteiger partial charge is 0.165 e. The Labute approximate surface area is 96.4 Å². The first-order valence-electron chi connectivity index (χ1n) is 5.79. The molecule has 92 valence electrons. The Morgan fingerprint density at radius 2 is 2.12 bits per heavy atom. The minimum Gasteiger partial charge on any atom is -0.383 e. The molecule has 16 heavy (non-hydrogen) atoms. The summed E-state index contributed by atoms with van der Waals surface area (Å²) in [6.07, 6.45) is 2.10. The molecule has 0 fully saturated rings. The molecule has 0 saturated heterocycles. The van der Waals surface area contributed by atoms with Gasteiger partial charge in [0.25, 0.3) is 0 Å². The van der Waals surface area contributed by atoms with Crippen molar-refractivity contribution in [3.8, 4) is 0 Å². The molecule has 0 aliphatic rings. The molecule has 0 aliphatic carbocycles. The van der Waals surface area contributed by atoms with Crippen LogP contribution in [0.1, 0.15) is 38.6 Å². The summed E-state index contributed by atoms with van der Waals surface area (Å²) in [4.78, 5) is 0. The van der Waals surface area contributed by atoms with Gasteiger partial charge >= 0.3 is 0 Å². The van der Waals surface area contributed by atoms with Gasteiger partial charge in [-0.3, -0.25) is 0 Å². The van der Waals surface area contributed by atoms with Gasteiger partial charge in [0.1, 0.15) is 0 Å². The fourth-order valence-corrected chi connectivity index (χ4v) is 1.62. The van der Waals surface area contributed by atoms with E-state index in [9.17, 15) is 0 Å². The van der Waals surface area contributed by atoms with Crippen molar-refractivity contribution in [2.75, 3.05) is 20.3 Å². The Morgan fingerprint density at radius 1 is 1.38 bits per heavy atom. The highest BCUT2D eigenvalue weighted by Crippen LogP contribution is 2.14. The summed E-state index contributed by atoms with van der Waals surface area (Å²) >= 11 is 0. The summed E-state index contributed by atoms with van der Waals surface area (Å²) < 4.78 is 6.88. The van der Waals surface area contributed by atoms with Crippen molar-refractivity contribution in [1.29, 1.82) is 0 Å². The third-order valence-electron chi connectivity index (χ3n) is 2.62. The van der Waals surface area contributed by atoms with Gasteiger partial charge in [0.15, 0.2) is 5.82 Å². The standard InChI is InChI=1S/C10H21N5O/c1-4-9(5-2)15-10(12-13-14-15)8-11-6-7-16-3/h9,11H,4-8H2,1-3H3. The monoisotopic (exact) mass is 227 g/mol. The van der Waals surface area contributed by atoms with Crippen molar-refractivity contribution in [1.82, 2.24) is 25.5 Å². The number of rotatable bonds is 8. The molecule has 6 nitrogen and oxygen atoms in total. The van der Waals surface area contributed by atoms with Gasteiger partial charge in [-0.05, 0) is 23.3 Å². The zero-order chi connectivity index (χ0) is 11.8. The minimum atomic E-state index is 0.397. The summed E-state index contributed by atoms with van der Waals surface area (Å²) in [5, 5.41) is 15.0. The predicted molar refractivity (Wildman–Crippen MR) is 61.0 cm³/mol. The number of hydrogen-bond acceptors (Lipinski definition) is 5. The first kappa shape index (κ1) is 13.1. The summed E-state index contributed by atoms with van der Waals surface area (Å²) in [5.74, 6) is 0.893. The second kappa shape index (κ2) is 7.29. The van der Waals surface area contributed by atoms with E-state index in [1.165, 1.54) is 0 Å². The van der Waals surface area contributed by atoms with Crippen LogP contribution in [-0.2, 0) is 11.3 Å². The maximum atomic E-state index is 4.96. The molecular weight excluding hydrogens is 206 g/mol. The van der Waals surface area contributed by atoms with Crippen molar-refractivity contribution in [2.24, 2.45) is 0 Å². The van der Waals surface area contributed by atoms with Crippen molar-refractivity contribution >= 4 is 0 Å². The second-order valence-corrected chi connectivity index (χ2v) is 3.68. The maximum Gasteiger partial charge on any atom is 0.165 e. The number of methoxy groups -OCH3 is 1. The van der Waals surface area contributed by atoms with Crippen LogP contribution in [0.3, 0.4) is 0 Å². The average molecular weight is 227 g/mol. The quantitative estimate of drug-likeness (QED) is 0.665. The molecule has 1 N–H and O–H groups in total. The zero-order valence-corrected chi connectivity index (χ0v) is 10.3. The van der Waals surface area contributed by atoms with Gasteiger partial charge in [0.05, 0.1) is 19.2 Å². The zero-order valence-electron chi connectivity index (χ0n) is 10.3. The Hall–Kier alpha value is -1.01. The minimum absolute atomic E-state index is 0.397. The SMILES string of the molecule is CCC(CC)n1nnnc1CNCCOC. The Balaban J connectivity index is 2.49. The molecule has 0 bridgehead atoms. The van der Waals surface area contributed by atoms with E-state index < -0.39 is 0 Å². The lowest BCUT2D eigenvalue weighted by Crippen LogP contribution is -2.22. The molecule has 0 aromatic carbocycles. The van der Waals surface area contributed by atoms with Gasteiger partial charge in [-0.2, -0.15) is 0 Å². The molecule has 0 saturated carbocycles. The molecule has 1 rings (SSSR count). The van der Waals surface area contributed by atoms with Crippen molar-refractivity contribution in [2.45, 2.75) is 39.3 Å². The number of tetrazole rings is 1. The highest BCUT2D eigenvalue weighted by atomic mass is 16.5. The Kier molecular flexibility index (Phi) is 5.95. The van der Waals surface area contributed by atoms with Gasteiger partial charge in [0.2, 0.25) is 0 Å².